The first-order valence-corrected chi connectivity index (χ1v) is 9.99. The lowest BCUT2D eigenvalue weighted by Gasteiger charge is -2.34. The summed E-state index contributed by atoms with van der Waals surface area (Å²) in [5.41, 5.74) is 4.59. The smallest absolute Gasteiger partial charge is 0.219 e. The van der Waals surface area contributed by atoms with E-state index >= 15 is 0 Å². The van der Waals surface area contributed by atoms with Crippen molar-refractivity contribution in [2.45, 2.75) is 32.2 Å². The van der Waals surface area contributed by atoms with Gasteiger partial charge < -0.3 is 19.5 Å². The minimum Gasteiger partial charge on any atom is -0.385 e. The lowest BCUT2D eigenvalue weighted by Crippen LogP contribution is -2.43. The van der Waals surface area contributed by atoms with Gasteiger partial charge in [-0.15, -0.1) is 0 Å². The normalized spacial score (nSPS) is 18.6. The molecule has 1 fully saturated rings. The van der Waals surface area contributed by atoms with Crippen LogP contribution in [0, 0.1) is 5.41 Å². The molecule has 1 amide bonds. The van der Waals surface area contributed by atoms with E-state index in [1.54, 1.807) is 6.92 Å². The van der Waals surface area contributed by atoms with Crippen LogP contribution in [0.3, 0.4) is 0 Å². The molecule has 1 aromatic carbocycles. The molecule has 6 nitrogen and oxygen atoms in total. The van der Waals surface area contributed by atoms with Crippen LogP contribution in [0.4, 0.5) is 0 Å². The number of benzene rings is 1. The van der Waals surface area contributed by atoms with E-state index in [4.69, 9.17) is 10.1 Å². The molecule has 2 N–H and O–H groups in total. The second-order valence-electron chi connectivity index (χ2n) is 7.72. The number of nitrogens with one attached hydrogen (secondary N) is 2. The Morgan fingerprint density at radius 2 is 2.00 bits per heavy atom. The zero-order valence-electron chi connectivity index (χ0n) is 16.6. The average Bonchev–Trinajstić information content (AvgIpc) is 3.05. The maximum Gasteiger partial charge on any atom is 0.219 e. The summed E-state index contributed by atoms with van der Waals surface area (Å²) < 4.78 is 7.54. The van der Waals surface area contributed by atoms with Crippen LogP contribution in [-0.2, 0) is 16.6 Å². The molecule has 28 heavy (non-hydrogen) atoms. The van der Waals surface area contributed by atoms with Gasteiger partial charge in [-0.3, -0.25) is 10.2 Å². The topological polar surface area (TPSA) is 70.4 Å². The van der Waals surface area contributed by atoms with E-state index in [1.807, 2.05) is 30.3 Å². The monoisotopic (exact) mass is 380 g/mol. The lowest BCUT2D eigenvalue weighted by atomic mass is 9.95. The molecule has 3 heterocycles. The SMILES string of the molecule is CC(=O)N1CCC(NC2CCOCC2)=C(C(=N)c2cn(C)c3ccccc23)C1. The number of ether oxygens (including phenoxy) is 1. The molecule has 0 bridgehead atoms. The lowest BCUT2D eigenvalue weighted by molar-refractivity contribution is -0.128. The Hall–Kier alpha value is -2.60. The van der Waals surface area contributed by atoms with Gasteiger partial charge in [0, 0.05) is 86.7 Å². The van der Waals surface area contributed by atoms with Gasteiger partial charge in [0.25, 0.3) is 0 Å². The molecule has 1 saturated heterocycles. The van der Waals surface area contributed by atoms with Gasteiger partial charge in [-0.05, 0) is 18.9 Å². The van der Waals surface area contributed by atoms with Crippen molar-refractivity contribution >= 4 is 22.5 Å². The van der Waals surface area contributed by atoms with Crippen molar-refractivity contribution in [3.8, 4) is 0 Å². The third-order valence-electron chi connectivity index (χ3n) is 5.86. The van der Waals surface area contributed by atoms with Gasteiger partial charge in [-0.25, -0.2) is 0 Å². The van der Waals surface area contributed by atoms with Gasteiger partial charge in [-0.1, -0.05) is 18.2 Å². The van der Waals surface area contributed by atoms with Crippen LogP contribution in [0.2, 0.25) is 0 Å². The largest absolute Gasteiger partial charge is 0.385 e. The summed E-state index contributed by atoms with van der Waals surface area (Å²) in [4.78, 5) is 13.8. The number of rotatable bonds is 4. The zero-order chi connectivity index (χ0) is 19.7. The van der Waals surface area contributed by atoms with Gasteiger partial charge >= 0.3 is 0 Å². The molecule has 2 aromatic rings. The molecular weight excluding hydrogens is 352 g/mol. The van der Waals surface area contributed by atoms with E-state index in [0.717, 1.165) is 60.2 Å². The minimum absolute atomic E-state index is 0.0633. The van der Waals surface area contributed by atoms with Crippen LogP contribution in [-0.4, -0.2) is 53.4 Å². The van der Waals surface area contributed by atoms with Crippen molar-refractivity contribution in [2.75, 3.05) is 26.3 Å². The third-order valence-corrected chi connectivity index (χ3v) is 5.86. The van der Waals surface area contributed by atoms with Gasteiger partial charge in [0.15, 0.2) is 0 Å². The first-order valence-electron chi connectivity index (χ1n) is 9.99. The highest BCUT2D eigenvalue weighted by atomic mass is 16.5. The Labute approximate surface area is 165 Å². The van der Waals surface area contributed by atoms with Crippen molar-refractivity contribution in [2.24, 2.45) is 7.05 Å². The summed E-state index contributed by atoms with van der Waals surface area (Å²) >= 11 is 0. The number of carbonyl (C=O) groups excluding carboxylic acids is 1. The summed E-state index contributed by atoms with van der Waals surface area (Å²) in [5, 5.41) is 13.8. The van der Waals surface area contributed by atoms with Gasteiger partial charge in [0.2, 0.25) is 5.91 Å². The van der Waals surface area contributed by atoms with Crippen LogP contribution in [0.15, 0.2) is 41.7 Å². The molecule has 1 aromatic heterocycles. The van der Waals surface area contributed by atoms with Gasteiger partial charge in [-0.2, -0.15) is 0 Å². The Morgan fingerprint density at radius 1 is 1.25 bits per heavy atom. The Bertz CT molecular complexity index is 937. The van der Waals surface area contributed by atoms with E-state index in [2.05, 4.69) is 22.0 Å². The third kappa shape index (κ3) is 3.56. The second-order valence-corrected chi connectivity index (χ2v) is 7.72. The van der Waals surface area contributed by atoms with Gasteiger partial charge in [0.1, 0.15) is 0 Å². The first kappa shape index (κ1) is 18.7. The highest BCUT2D eigenvalue weighted by Gasteiger charge is 2.27. The number of hydrogen-bond donors (Lipinski definition) is 2. The first-order chi connectivity index (χ1) is 13.5. The number of nitrogens with zero attached hydrogens (tertiary/aromatic N) is 2. The summed E-state index contributed by atoms with van der Waals surface area (Å²) in [7, 11) is 2.01. The Kier molecular flexibility index (Phi) is 5.22. The Morgan fingerprint density at radius 3 is 2.75 bits per heavy atom. The molecule has 6 heteroatoms. The molecule has 0 aliphatic carbocycles. The highest BCUT2D eigenvalue weighted by Crippen LogP contribution is 2.27. The summed E-state index contributed by atoms with van der Waals surface area (Å²) in [6.07, 6.45) is 4.75. The number of para-hydroxylation sites is 1. The number of fused-ring (bicyclic) bond motifs is 1. The van der Waals surface area contributed by atoms with E-state index in [1.165, 1.54) is 0 Å². The molecule has 0 saturated carbocycles. The average molecular weight is 380 g/mol. The van der Waals surface area contributed by atoms with Crippen molar-refractivity contribution in [1.29, 1.82) is 5.41 Å². The molecule has 2 aliphatic heterocycles. The number of amides is 1. The van der Waals surface area contributed by atoms with E-state index < -0.39 is 0 Å². The van der Waals surface area contributed by atoms with Crippen molar-refractivity contribution in [1.82, 2.24) is 14.8 Å². The summed E-state index contributed by atoms with van der Waals surface area (Å²) in [6.45, 7) is 4.35. The van der Waals surface area contributed by atoms with Crippen LogP contribution in [0.25, 0.3) is 10.9 Å². The fourth-order valence-corrected chi connectivity index (χ4v) is 4.21. The fourth-order valence-electron chi connectivity index (χ4n) is 4.21. The maximum absolute atomic E-state index is 12.0. The molecule has 0 radical (unpaired) electrons. The number of carbonyl (C=O) groups is 1. The van der Waals surface area contributed by atoms with Crippen molar-refractivity contribution in [3.05, 3.63) is 47.3 Å². The molecule has 0 spiro atoms. The predicted molar refractivity (Wildman–Crippen MR) is 111 cm³/mol. The van der Waals surface area contributed by atoms with Crippen molar-refractivity contribution in [3.63, 3.8) is 0 Å². The number of hydrogen-bond acceptors (Lipinski definition) is 4. The van der Waals surface area contributed by atoms with E-state index in [9.17, 15) is 4.79 Å². The zero-order valence-corrected chi connectivity index (χ0v) is 16.6. The second kappa shape index (κ2) is 7.80. The van der Waals surface area contributed by atoms with Crippen LogP contribution in [0.1, 0.15) is 31.7 Å². The predicted octanol–water partition coefficient (Wildman–Crippen LogP) is 2.82. The molecule has 4 rings (SSSR count). The number of aromatic nitrogens is 1. The quantitative estimate of drug-likeness (QED) is 0.802. The highest BCUT2D eigenvalue weighted by molar-refractivity contribution is 6.18. The van der Waals surface area contributed by atoms with Gasteiger partial charge in [0.05, 0.1) is 5.71 Å². The standard InChI is InChI=1S/C22H28N4O2/c1-15(27)26-10-7-20(24-16-8-11-28-12-9-16)19(14-26)22(23)18-13-25(2)21-6-4-3-5-17(18)21/h3-6,13,16,23-24H,7-12,14H2,1-2H3. The molecular formula is C22H28N4O2. The number of aryl methyl sites for hydroxylation is 1. The summed E-state index contributed by atoms with van der Waals surface area (Å²) in [5.74, 6) is 0.0633. The molecule has 148 valence electrons. The van der Waals surface area contributed by atoms with E-state index in [0.29, 0.717) is 24.8 Å². The van der Waals surface area contributed by atoms with Crippen LogP contribution < -0.4 is 5.32 Å². The van der Waals surface area contributed by atoms with Crippen LogP contribution in [0.5, 0.6) is 0 Å². The summed E-state index contributed by atoms with van der Waals surface area (Å²) in [6, 6.07) is 8.55. The van der Waals surface area contributed by atoms with Crippen molar-refractivity contribution < 1.29 is 9.53 Å². The molecule has 0 atom stereocenters. The minimum atomic E-state index is 0.0633. The van der Waals surface area contributed by atoms with E-state index in [-0.39, 0.29) is 5.91 Å². The van der Waals surface area contributed by atoms with Crippen LogP contribution >= 0.6 is 0 Å². The maximum atomic E-state index is 12.0. The molecule has 0 unspecified atom stereocenters. The molecule has 2 aliphatic rings. The Balaban J connectivity index is 1.71. The fraction of sp³-hybridized carbons (Fsp3) is 0.455.